The number of anilines is 1. The van der Waals surface area contributed by atoms with Gasteiger partial charge in [0.15, 0.2) is 0 Å². The van der Waals surface area contributed by atoms with Gasteiger partial charge in [-0.3, -0.25) is 4.79 Å². The number of carbonyl (C=O) groups is 1. The number of nitrogens with zero attached hydrogens (tertiary/aromatic N) is 2. The minimum Gasteiger partial charge on any atom is -0.366 e. The summed E-state index contributed by atoms with van der Waals surface area (Å²) in [6.07, 6.45) is 4.49. The Hall–Kier alpha value is -2.30. The van der Waals surface area contributed by atoms with E-state index < -0.39 is 0 Å². The van der Waals surface area contributed by atoms with Gasteiger partial charge in [0.1, 0.15) is 0 Å². The smallest absolute Gasteiger partial charge is 0.248 e. The largest absolute Gasteiger partial charge is 0.366 e. The molecule has 18 heavy (non-hydrogen) atoms. The van der Waals surface area contributed by atoms with Crippen LogP contribution < -0.4 is 10.6 Å². The molecule has 3 rings (SSSR count). The molecule has 0 radical (unpaired) electrons. The summed E-state index contributed by atoms with van der Waals surface area (Å²) in [5, 5.41) is 0. The van der Waals surface area contributed by atoms with E-state index in [0.717, 1.165) is 30.9 Å². The van der Waals surface area contributed by atoms with Gasteiger partial charge in [0.05, 0.1) is 18.6 Å². The molecule has 0 atom stereocenters. The molecule has 5 nitrogen and oxygen atoms in total. The van der Waals surface area contributed by atoms with Crippen molar-refractivity contribution in [2.45, 2.75) is 13.0 Å². The van der Waals surface area contributed by atoms with Crippen molar-refractivity contribution in [2.24, 2.45) is 5.73 Å². The number of aromatic amines is 1. The number of H-pyrrole nitrogens is 1. The summed E-state index contributed by atoms with van der Waals surface area (Å²) in [6, 6.07) is 5.66. The molecule has 1 aromatic heterocycles. The number of primary amides is 1. The molecule has 1 aromatic carbocycles. The third-order valence-corrected chi connectivity index (χ3v) is 3.28. The number of hydrogen-bond acceptors (Lipinski definition) is 3. The van der Waals surface area contributed by atoms with Gasteiger partial charge in [-0.1, -0.05) is 6.07 Å². The maximum atomic E-state index is 11.2. The average Bonchev–Trinajstić information content (AvgIpc) is 2.99. The number of imidazole rings is 1. The van der Waals surface area contributed by atoms with Crippen LogP contribution in [0.5, 0.6) is 0 Å². The van der Waals surface area contributed by atoms with Gasteiger partial charge in [0, 0.05) is 24.0 Å². The number of amides is 1. The Balaban J connectivity index is 1.90. The SMILES string of the molecule is NC(=O)c1ccc2c(c1)N(Cc1cnc[nH]1)CC2. The lowest BCUT2D eigenvalue weighted by Crippen LogP contribution is -2.20. The van der Waals surface area contributed by atoms with Gasteiger partial charge in [-0.2, -0.15) is 0 Å². The third kappa shape index (κ3) is 1.84. The number of benzene rings is 1. The molecule has 1 aliphatic rings. The topological polar surface area (TPSA) is 75.0 Å². The summed E-state index contributed by atoms with van der Waals surface area (Å²) in [5.41, 5.74) is 9.30. The monoisotopic (exact) mass is 242 g/mol. The summed E-state index contributed by atoms with van der Waals surface area (Å²) in [4.78, 5) is 20.5. The highest BCUT2D eigenvalue weighted by molar-refractivity contribution is 5.94. The van der Waals surface area contributed by atoms with Crippen LogP contribution in [0.1, 0.15) is 21.6 Å². The zero-order valence-corrected chi connectivity index (χ0v) is 9.89. The van der Waals surface area contributed by atoms with E-state index in [9.17, 15) is 4.79 Å². The molecule has 0 saturated heterocycles. The van der Waals surface area contributed by atoms with Crippen LogP contribution in [0.25, 0.3) is 0 Å². The van der Waals surface area contributed by atoms with Gasteiger partial charge in [0.25, 0.3) is 0 Å². The van der Waals surface area contributed by atoms with E-state index in [4.69, 9.17) is 5.73 Å². The van der Waals surface area contributed by atoms with Crippen LogP contribution in [0.2, 0.25) is 0 Å². The van der Waals surface area contributed by atoms with E-state index in [2.05, 4.69) is 14.9 Å². The van der Waals surface area contributed by atoms with Gasteiger partial charge in [-0.15, -0.1) is 0 Å². The van der Waals surface area contributed by atoms with E-state index in [1.165, 1.54) is 5.56 Å². The second-order valence-electron chi connectivity index (χ2n) is 4.46. The number of rotatable bonds is 3. The van der Waals surface area contributed by atoms with E-state index in [0.29, 0.717) is 5.56 Å². The Kier molecular flexibility index (Phi) is 2.51. The predicted octanol–water partition coefficient (Wildman–Crippen LogP) is 1.07. The summed E-state index contributed by atoms with van der Waals surface area (Å²) in [6.45, 7) is 1.73. The molecular formula is C13H14N4O. The maximum Gasteiger partial charge on any atom is 0.248 e. The highest BCUT2D eigenvalue weighted by atomic mass is 16.1. The van der Waals surface area contributed by atoms with Crippen molar-refractivity contribution in [2.75, 3.05) is 11.4 Å². The van der Waals surface area contributed by atoms with Gasteiger partial charge in [0.2, 0.25) is 5.91 Å². The third-order valence-electron chi connectivity index (χ3n) is 3.28. The number of nitrogens with two attached hydrogens (primary N) is 1. The van der Waals surface area contributed by atoms with E-state index >= 15 is 0 Å². The molecule has 0 saturated carbocycles. The molecule has 0 bridgehead atoms. The van der Waals surface area contributed by atoms with Gasteiger partial charge in [-0.25, -0.2) is 4.98 Å². The van der Waals surface area contributed by atoms with Crippen molar-refractivity contribution in [3.63, 3.8) is 0 Å². The van der Waals surface area contributed by atoms with E-state index in [1.54, 1.807) is 12.4 Å². The first kappa shape index (κ1) is 10.8. The average molecular weight is 242 g/mol. The quantitative estimate of drug-likeness (QED) is 0.845. The van der Waals surface area contributed by atoms with Crippen LogP contribution in [-0.4, -0.2) is 22.4 Å². The van der Waals surface area contributed by atoms with Crippen LogP contribution in [0, 0.1) is 0 Å². The molecule has 92 valence electrons. The Labute approximate surface area is 105 Å². The fourth-order valence-electron chi connectivity index (χ4n) is 2.34. The molecule has 2 aromatic rings. The van der Waals surface area contributed by atoms with Crippen molar-refractivity contribution in [1.29, 1.82) is 0 Å². The zero-order valence-electron chi connectivity index (χ0n) is 9.89. The number of aromatic nitrogens is 2. The lowest BCUT2D eigenvalue weighted by atomic mass is 10.1. The van der Waals surface area contributed by atoms with Crippen LogP contribution in [0.3, 0.4) is 0 Å². The lowest BCUT2D eigenvalue weighted by Gasteiger charge is -2.18. The number of nitrogens with one attached hydrogen (secondary N) is 1. The maximum absolute atomic E-state index is 11.2. The summed E-state index contributed by atoms with van der Waals surface area (Å²) in [5.74, 6) is -0.383. The second kappa shape index (κ2) is 4.18. The minimum absolute atomic E-state index is 0.383. The van der Waals surface area contributed by atoms with Crippen molar-refractivity contribution in [1.82, 2.24) is 9.97 Å². The van der Waals surface area contributed by atoms with Crippen LogP contribution >= 0.6 is 0 Å². The fourth-order valence-corrected chi connectivity index (χ4v) is 2.34. The molecule has 0 unspecified atom stereocenters. The van der Waals surface area contributed by atoms with Crippen molar-refractivity contribution < 1.29 is 4.79 Å². The molecule has 3 N–H and O–H groups in total. The number of hydrogen-bond donors (Lipinski definition) is 2. The highest BCUT2D eigenvalue weighted by Gasteiger charge is 2.20. The molecule has 2 heterocycles. The van der Waals surface area contributed by atoms with Crippen LogP contribution in [0.4, 0.5) is 5.69 Å². The summed E-state index contributed by atoms with van der Waals surface area (Å²) < 4.78 is 0. The molecule has 0 spiro atoms. The van der Waals surface area contributed by atoms with Crippen molar-refractivity contribution in [3.05, 3.63) is 47.5 Å². The number of carbonyl (C=O) groups excluding carboxylic acids is 1. The van der Waals surface area contributed by atoms with Gasteiger partial charge >= 0.3 is 0 Å². The van der Waals surface area contributed by atoms with E-state index in [1.807, 2.05) is 18.3 Å². The number of fused-ring (bicyclic) bond motifs is 1. The Bertz CT molecular complexity index is 577. The van der Waals surface area contributed by atoms with E-state index in [-0.39, 0.29) is 5.91 Å². The lowest BCUT2D eigenvalue weighted by molar-refractivity contribution is 0.100. The molecule has 5 heteroatoms. The first-order chi connectivity index (χ1) is 8.74. The second-order valence-corrected chi connectivity index (χ2v) is 4.46. The minimum atomic E-state index is -0.383. The fraction of sp³-hybridized carbons (Fsp3) is 0.231. The first-order valence-corrected chi connectivity index (χ1v) is 5.89. The zero-order chi connectivity index (χ0) is 12.5. The Morgan fingerprint density at radius 1 is 1.50 bits per heavy atom. The first-order valence-electron chi connectivity index (χ1n) is 5.89. The molecular weight excluding hydrogens is 228 g/mol. The van der Waals surface area contributed by atoms with Gasteiger partial charge < -0.3 is 15.6 Å². The summed E-state index contributed by atoms with van der Waals surface area (Å²) in [7, 11) is 0. The van der Waals surface area contributed by atoms with Crippen molar-refractivity contribution in [3.8, 4) is 0 Å². The van der Waals surface area contributed by atoms with Crippen LogP contribution in [-0.2, 0) is 13.0 Å². The van der Waals surface area contributed by atoms with Crippen LogP contribution in [0.15, 0.2) is 30.7 Å². The molecule has 0 aliphatic carbocycles. The normalized spacial score (nSPS) is 13.7. The predicted molar refractivity (Wildman–Crippen MR) is 68.3 cm³/mol. The molecule has 1 amide bonds. The Morgan fingerprint density at radius 2 is 2.39 bits per heavy atom. The summed E-state index contributed by atoms with van der Waals surface area (Å²) >= 11 is 0. The van der Waals surface area contributed by atoms with Gasteiger partial charge in [-0.05, 0) is 24.1 Å². The molecule has 0 fully saturated rings. The van der Waals surface area contributed by atoms with Crippen molar-refractivity contribution >= 4 is 11.6 Å². The standard InChI is InChI=1S/C13H14N4O/c14-13(18)10-2-1-9-3-4-17(12(9)5-10)7-11-6-15-8-16-11/h1-2,5-6,8H,3-4,7H2,(H2,14,18)(H,15,16). The highest BCUT2D eigenvalue weighted by Crippen LogP contribution is 2.29. The molecule has 1 aliphatic heterocycles. The Morgan fingerprint density at radius 3 is 3.11 bits per heavy atom.